The first-order valence-corrected chi connectivity index (χ1v) is 13.4. The van der Waals surface area contributed by atoms with Crippen LogP contribution in [0.3, 0.4) is 0 Å². The summed E-state index contributed by atoms with van der Waals surface area (Å²) in [5, 5.41) is 18.8. The molecule has 3 amide bonds. The molecule has 1 aliphatic rings. The number of aliphatic hydroxyl groups excluding tert-OH is 1. The summed E-state index contributed by atoms with van der Waals surface area (Å²) in [6.07, 6.45) is 2.49. The number of ether oxygens (including phenoxy) is 2. The zero-order chi connectivity index (χ0) is 27.5. The number of hydrogen-bond acceptors (Lipinski definition) is 6. The number of urea groups is 1. The van der Waals surface area contributed by atoms with E-state index in [0.717, 1.165) is 19.3 Å². The first-order chi connectivity index (χ1) is 18.3. The highest BCUT2D eigenvalue weighted by Gasteiger charge is 2.29. The standard InChI is InChI=1S/C29H42N4O5/c1-20-18-33(21(2)19-34)28(35)25-16-24(32-29(36)31-23-11-6-5-7-12-23)13-14-26(25)38-22(3)10-8-9-15-37-27(20)17-30-4/h5-7,11-14,16,20-22,27,30,34H,8-10,15,17-19H2,1-4H3,(H2,31,32,36)/t20-,21+,22-,27+/m0/s1. The number of carbonyl (C=O) groups excluding carboxylic acids is 2. The van der Waals surface area contributed by atoms with Crippen molar-refractivity contribution in [3.8, 4) is 5.75 Å². The highest BCUT2D eigenvalue weighted by Crippen LogP contribution is 2.28. The molecule has 4 N–H and O–H groups in total. The first kappa shape index (κ1) is 29.4. The Labute approximate surface area is 225 Å². The van der Waals surface area contributed by atoms with Crippen LogP contribution in [-0.4, -0.2) is 73.5 Å². The van der Waals surface area contributed by atoms with Crippen LogP contribution >= 0.6 is 0 Å². The molecule has 2 aromatic rings. The van der Waals surface area contributed by atoms with Gasteiger partial charge in [-0.25, -0.2) is 4.79 Å². The third kappa shape index (κ3) is 8.44. The van der Waals surface area contributed by atoms with Crippen LogP contribution in [0.5, 0.6) is 5.75 Å². The highest BCUT2D eigenvalue weighted by atomic mass is 16.5. The van der Waals surface area contributed by atoms with Crippen LogP contribution in [0.2, 0.25) is 0 Å². The molecule has 0 bridgehead atoms. The lowest BCUT2D eigenvalue weighted by Gasteiger charge is -2.34. The molecule has 9 nitrogen and oxygen atoms in total. The van der Waals surface area contributed by atoms with E-state index in [-0.39, 0.29) is 30.6 Å². The average molecular weight is 527 g/mol. The molecule has 1 heterocycles. The molecule has 0 spiro atoms. The van der Waals surface area contributed by atoms with Crippen LogP contribution in [0, 0.1) is 5.92 Å². The van der Waals surface area contributed by atoms with Gasteiger partial charge in [-0.15, -0.1) is 0 Å². The fraction of sp³-hybridized carbons (Fsp3) is 0.517. The summed E-state index contributed by atoms with van der Waals surface area (Å²) in [7, 11) is 1.89. The molecule has 3 rings (SSSR count). The quantitative estimate of drug-likeness (QED) is 0.445. The van der Waals surface area contributed by atoms with Crippen molar-refractivity contribution >= 4 is 23.3 Å². The van der Waals surface area contributed by atoms with Crippen molar-refractivity contribution in [1.29, 1.82) is 0 Å². The number of amides is 3. The molecule has 9 heteroatoms. The van der Waals surface area contributed by atoms with E-state index in [1.165, 1.54) is 0 Å². The number of hydrogen-bond donors (Lipinski definition) is 4. The Bertz CT molecular complexity index is 1030. The van der Waals surface area contributed by atoms with Gasteiger partial charge < -0.3 is 35.4 Å². The molecule has 38 heavy (non-hydrogen) atoms. The zero-order valence-corrected chi connectivity index (χ0v) is 22.9. The second-order valence-electron chi connectivity index (χ2n) is 10.0. The molecule has 0 radical (unpaired) electrons. The van der Waals surface area contributed by atoms with E-state index in [0.29, 0.717) is 42.4 Å². The van der Waals surface area contributed by atoms with E-state index in [4.69, 9.17) is 9.47 Å². The maximum absolute atomic E-state index is 14.0. The zero-order valence-electron chi connectivity index (χ0n) is 22.9. The van der Waals surface area contributed by atoms with Crippen LogP contribution in [0.1, 0.15) is 50.4 Å². The Hall–Kier alpha value is -3.14. The van der Waals surface area contributed by atoms with E-state index >= 15 is 0 Å². The van der Waals surface area contributed by atoms with Gasteiger partial charge in [0.2, 0.25) is 0 Å². The molecule has 208 valence electrons. The second-order valence-corrected chi connectivity index (χ2v) is 10.0. The molecule has 1 aliphatic heterocycles. The number of fused-ring (bicyclic) bond motifs is 1. The van der Waals surface area contributed by atoms with Crippen molar-refractivity contribution in [2.75, 3.05) is 44.0 Å². The van der Waals surface area contributed by atoms with Gasteiger partial charge in [-0.05, 0) is 70.5 Å². The molecule has 0 fully saturated rings. The van der Waals surface area contributed by atoms with Gasteiger partial charge in [0, 0.05) is 37.0 Å². The summed E-state index contributed by atoms with van der Waals surface area (Å²) in [4.78, 5) is 28.3. The summed E-state index contributed by atoms with van der Waals surface area (Å²) in [6, 6.07) is 13.4. The molecule has 0 saturated heterocycles. The fourth-order valence-corrected chi connectivity index (χ4v) is 4.51. The minimum absolute atomic E-state index is 0.0181. The van der Waals surface area contributed by atoms with Crippen LogP contribution in [0.4, 0.5) is 16.2 Å². The number of aliphatic hydroxyl groups is 1. The Kier molecular flexibility index (Phi) is 11.4. The molecular weight excluding hydrogens is 484 g/mol. The molecule has 0 aliphatic carbocycles. The van der Waals surface area contributed by atoms with Gasteiger partial charge >= 0.3 is 6.03 Å². The van der Waals surface area contributed by atoms with Crippen LogP contribution < -0.4 is 20.7 Å². The smallest absolute Gasteiger partial charge is 0.323 e. The molecule has 2 aromatic carbocycles. The first-order valence-electron chi connectivity index (χ1n) is 13.4. The topological polar surface area (TPSA) is 112 Å². The van der Waals surface area contributed by atoms with Crippen molar-refractivity contribution in [3.63, 3.8) is 0 Å². The number of anilines is 2. The summed E-state index contributed by atoms with van der Waals surface area (Å²) < 4.78 is 12.4. The van der Waals surface area contributed by atoms with Gasteiger partial charge in [-0.2, -0.15) is 0 Å². The van der Waals surface area contributed by atoms with Gasteiger partial charge in [0.25, 0.3) is 5.91 Å². The SMILES string of the molecule is CNC[C@H]1OCCCC[C@H](C)Oc2ccc(NC(=O)Nc3ccccc3)cc2C(=O)N([C@H](C)CO)C[C@@H]1C. The van der Waals surface area contributed by atoms with E-state index in [2.05, 4.69) is 22.9 Å². The Morgan fingerprint density at radius 1 is 1.11 bits per heavy atom. The summed E-state index contributed by atoms with van der Waals surface area (Å²) in [5.41, 5.74) is 1.46. The average Bonchev–Trinajstić information content (AvgIpc) is 2.90. The highest BCUT2D eigenvalue weighted by molar-refractivity contribution is 6.02. The van der Waals surface area contributed by atoms with E-state index in [1.807, 2.05) is 39.1 Å². The summed E-state index contributed by atoms with van der Waals surface area (Å²) >= 11 is 0. The van der Waals surface area contributed by atoms with Gasteiger partial charge in [0.1, 0.15) is 5.75 Å². The second kappa shape index (κ2) is 14.7. The van der Waals surface area contributed by atoms with Gasteiger partial charge in [0.15, 0.2) is 0 Å². The van der Waals surface area contributed by atoms with Crippen molar-refractivity contribution in [2.24, 2.45) is 5.92 Å². The maximum atomic E-state index is 14.0. The lowest BCUT2D eigenvalue weighted by atomic mass is 10.0. The lowest BCUT2D eigenvalue weighted by molar-refractivity contribution is -0.000450. The molecule has 0 aromatic heterocycles. The normalized spacial score (nSPS) is 22.0. The minimum Gasteiger partial charge on any atom is -0.490 e. The van der Waals surface area contributed by atoms with Crippen molar-refractivity contribution in [3.05, 3.63) is 54.1 Å². The molecule has 0 unspecified atom stereocenters. The molecule has 0 saturated carbocycles. The van der Waals surface area contributed by atoms with E-state index in [9.17, 15) is 14.7 Å². The van der Waals surface area contributed by atoms with Crippen molar-refractivity contribution in [1.82, 2.24) is 10.2 Å². The predicted molar refractivity (Wildman–Crippen MR) is 150 cm³/mol. The number of carbonyl (C=O) groups is 2. The number of para-hydroxylation sites is 1. The fourth-order valence-electron chi connectivity index (χ4n) is 4.51. The van der Waals surface area contributed by atoms with Gasteiger partial charge in [-0.1, -0.05) is 25.1 Å². The van der Waals surface area contributed by atoms with Crippen LogP contribution in [0.25, 0.3) is 0 Å². The predicted octanol–water partition coefficient (Wildman–Crippen LogP) is 4.35. The molecular formula is C29H42N4O5. The largest absolute Gasteiger partial charge is 0.490 e. The summed E-state index contributed by atoms with van der Waals surface area (Å²) in [5.74, 6) is 0.206. The number of nitrogens with zero attached hydrogens (tertiary/aromatic N) is 1. The summed E-state index contributed by atoms with van der Waals surface area (Å²) in [6.45, 7) is 7.39. The minimum atomic E-state index is -0.420. The van der Waals surface area contributed by atoms with Crippen molar-refractivity contribution in [2.45, 2.75) is 58.3 Å². The van der Waals surface area contributed by atoms with E-state index < -0.39 is 12.1 Å². The van der Waals surface area contributed by atoms with Crippen LogP contribution in [0.15, 0.2) is 48.5 Å². The lowest BCUT2D eigenvalue weighted by Crippen LogP contribution is -2.47. The molecule has 4 atom stereocenters. The Morgan fingerprint density at radius 3 is 2.55 bits per heavy atom. The number of benzene rings is 2. The van der Waals surface area contributed by atoms with Crippen LogP contribution in [-0.2, 0) is 4.74 Å². The Balaban J connectivity index is 1.93. The number of nitrogens with one attached hydrogen (secondary N) is 3. The number of rotatable bonds is 6. The van der Waals surface area contributed by atoms with E-state index in [1.54, 1.807) is 35.2 Å². The monoisotopic (exact) mass is 526 g/mol. The Morgan fingerprint density at radius 2 is 1.84 bits per heavy atom. The maximum Gasteiger partial charge on any atom is 0.323 e. The number of likely N-dealkylation sites (N-methyl/N-ethyl adjacent to an activating group) is 1. The van der Waals surface area contributed by atoms with Gasteiger partial charge in [0.05, 0.1) is 30.4 Å². The van der Waals surface area contributed by atoms with Gasteiger partial charge in [-0.3, -0.25) is 4.79 Å². The van der Waals surface area contributed by atoms with Crippen molar-refractivity contribution < 1.29 is 24.2 Å². The third-order valence-electron chi connectivity index (χ3n) is 6.75. The third-order valence-corrected chi connectivity index (χ3v) is 6.75.